The molecule has 0 aliphatic heterocycles. The number of carbonyl (C=O) groups excluding carboxylic acids is 2. The number of nitrogens with two attached hydrogens (primary N) is 2. The molecule has 6 heterocycles. The van der Waals surface area contributed by atoms with Gasteiger partial charge in [-0.25, -0.2) is 28.7 Å². The molecule has 0 aliphatic carbocycles. The summed E-state index contributed by atoms with van der Waals surface area (Å²) >= 11 is 0. The minimum absolute atomic E-state index is 0.0515. The van der Waals surface area contributed by atoms with Crippen LogP contribution in [-0.2, 0) is 13.1 Å². The van der Waals surface area contributed by atoms with Crippen LogP contribution in [0, 0.1) is 11.6 Å². The molecule has 0 aliphatic rings. The van der Waals surface area contributed by atoms with Gasteiger partial charge in [-0.1, -0.05) is 0 Å². The zero-order chi connectivity index (χ0) is 40.2. The van der Waals surface area contributed by atoms with E-state index in [1.165, 1.54) is 36.7 Å². The number of fused-ring (bicyclic) bond motifs is 2. The lowest BCUT2D eigenvalue weighted by molar-refractivity contribution is 0.0815. The zero-order valence-electron chi connectivity index (χ0n) is 30.2. The third-order valence-corrected chi connectivity index (χ3v) is 9.15. The molecule has 0 bridgehead atoms. The van der Waals surface area contributed by atoms with E-state index in [4.69, 9.17) is 11.5 Å². The number of nitrogens with zero attached hydrogens (tertiary/aromatic N) is 8. The van der Waals surface area contributed by atoms with Crippen LogP contribution in [-0.4, -0.2) is 84.3 Å². The summed E-state index contributed by atoms with van der Waals surface area (Å²) in [5.74, 6) is -1.87. The van der Waals surface area contributed by atoms with E-state index in [0.29, 0.717) is 52.5 Å². The number of halogens is 2. The average molecular weight is 775 g/mol. The lowest BCUT2D eigenvalue weighted by Gasteiger charge is -2.14. The molecule has 0 unspecified atom stereocenters. The maximum atomic E-state index is 13.4. The van der Waals surface area contributed by atoms with E-state index in [1.54, 1.807) is 80.9 Å². The van der Waals surface area contributed by atoms with Crippen molar-refractivity contribution in [3.8, 4) is 45.0 Å². The summed E-state index contributed by atoms with van der Waals surface area (Å²) in [5.41, 5.74) is 18.1. The van der Waals surface area contributed by atoms with Gasteiger partial charge in [0.15, 0.2) is 0 Å². The fourth-order valence-corrected chi connectivity index (χ4v) is 6.45. The van der Waals surface area contributed by atoms with Gasteiger partial charge in [-0.05, 0) is 79.2 Å². The van der Waals surface area contributed by atoms with Gasteiger partial charge in [-0.15, -0.1) is 0 Å². The van der Waals surface area contributed by atoms with E-state index in [2.05, 4.69) is 19.9 Å². The number of amides is 2. The van der Waals surface area contributed by atoms with E-state index < -0.39 is 24.5 Å². The number of pyridine rings is 2. The topological polar surface area (TPSA) is 217 Å². The maximum absolute atomic E-state index is 13.4. The Bertz CT molecular complexity index is 2700. The van der Waals surface area contributed by atoms with Crippen LogP contribution in [0.25, 0.3) is 56.3 Å². The summed E-state index contributed by atoms with van der Waals surface area (Å²) in [6, 6.07) is 19.2. The maximum Gasteiger partial charge on any atom is 0.267 e. The number of hydrogen-bond acceptors (Lipinski definition) is 9. The Morgan fingerprint density at radius 2 is 1.07 bits per heavy atom. The second-order valence-electron chi connectivity index (χ2n) is 13.0. The van der Waals surface area contributed by atoms with Crippen LogP contribution in [0.1, 0.15) is 27.4 Å². The first-order valence-electron chi connectivity index (χ1n) is 17.6. The number of aryl methyl sites for hydroxylation is 1. The van der Waals surface area contributed by atoms with Crippen molar-refractivity contribution in [2.45, 2.75) is 25.6 Å². The van der Waals surface area contributed by atoms with E-state index in [9.17, 15) is 33.7 Å². The molecule has 17 heteroatoms. The summed E-state index contributed by atoms with van der Waals surface area (Å²) in [6.45, 7) is 0.307. The van der Waals surface area contributed by atoms with Gasteiger partial charge in [0, 0.05) is 47.8 Å². The van der Waals surface area contributed by atoms with Crippen LogP contribution >= 0.6 is 0 Å². The standard InChI is InChI=1S/C20H18FN5O3.C20H18FN5O2/c21-14-4-1-12(2-5-14)18-19(25(11-24-18)9-15(28)10-27)13-3-6-17-23-7-16(20(22)29)26(17)8-13;21-15-5-2-13(3-6-15)18-19(25(12-24-18)8-1-9-27)14-4-7-17-23-10-16(20(22)28)26(17)11-14/h1-8,11,15,27-28H,9-10H2,(H2,22,29);2-7,10-12,27H,1,8-9H2,(H2,22,28)/t15-;/m1./s1. The molecule has 6 aromatic heterocycles. The molecule has 8 rings (SSSR count). The first kappa shape index (κ1) is 38.2. The quantitative estimate of drug-likeness (QED) is 0.121. The van der Waals surface area contributed by atoms with Crippen LogP contribution < -0.4 is 11.5 Å². The minimum Gasteiger partial charge on any atom is -0.396 e. The third kappa shape index (κ3) is 7.88. The Labute approximate surface area is 322 Å². The van der Waals surface area contributed by atoms with Gasteiger partial charge in [0.25, 0.3) is 11.8 Å². The number of aliphatic hydroxyl groups excluding tert-OH is 3. The lowest BCUT2D eigenvalue weighted by Crippen LogP contribution is -2.20. The van der Waals surface area contributed by atoms with E-state index in [0.717, 1.165) is 16.8 Å². The number of carbonyl (C=O) groups is 2. The van der Waals surface area contributed by atoms with Gasteiger partial charge in [0.1, 0.15) is 34.3 Å². The third-order valence-electron chi connectivity index (χ3n) is 9.15. The first-order chi connectivity index (χ1) is 27.6. The van der Waals surface area contributed by atoms with Gasteiger partial charge >= 0.3 is 0 Å². The highest BCUT2D eigenvalue weighted by Gasteiger charge is 2.20. The Morgan fingerprint density at radius 3 is 1.51 bits per heavy atom. The van der Waals surface area contributed by atoms with Crippen molar-refractivity contribution in [2.24, 2.45) is 11.5 Å². The van der Waals surface area contributed by atoms with Crippen LogP contribution in [0.4, 0.5) is 8.78 Å². The Kier molecular flexibility index (Phi) is 11.0. The minimum atomic E-state index is -0.984. The molecule has 0 radical (unpaired) electrons. The molecule has 2 aromatic carbocycles. The highest BCUT2D eigenvalue weighted by atomic mass is 19.1. The molecule has 0 saturated heterocycles. The van der Waals surface area contributed by atoms with Crippen LogP contribution in [0.5, 0.6) is 0 Å². The van der Waals surface area contributed by atoms with Crippen molar-refractivity contribution in [1.82, 2.24) is 37.9 Å². The number of benzene rings is 2. The molecule has 0 fully saturated rings. The number of hydrogen-bond donors (Lipinski definition) is 5. The SMILES string of the molecule is NC(=O)c1cnc2ccc(-c3c(-c4ccc(F)cc4)ncn3CCCO)cn12.NC(=O)c1cnc2ccc(-c3c(-c4ccc(F)cc4)ncn3C[C@@H](O)CO)cn12. The second-order valence-corrected chi connectivity index (χ2v) is 13.0. The van der Waals surface area contributed by atoms with Crippen molar-refractivity contribution < 1.29 is 33.7 Å². The normalized spacial score (nSPS) is 11.8. The van der Waals surface area contributed by atoms with Crippen LogP contribution in [0.3, 0.4) is 0 Å². The fraction of sp³-hybridized carbons (Fsp3) is 0.150. The highest BCUT2D eigenvalue weighted by molar-refractivity contribution is 5.93. The van der Waals surface area contributed by atoms with Crippen LogP contribution in [0.15, 0.2) is 110 Å². The molecular formula is C40H36F2N10O5. The largest absolute Gasteiger partial charge is 0.396 e. The van der Waals surface area contributed by atoms with E-state index >= 15 is 0 Å². The molecule has 0 saturated carbocycles. The first-order valence-corrected chi connectivity index (χ1v) is 17.6. The van der Waals surface area contributed by atoms with Gasteiger partial charge in [-0.2, -0.15) is 0 Å². The van der Waals surface area contributed by atoms with Gasteiger partial charge in [-0.3, -0.25) is 18.4 Å². The molecule has 2 amide bonds. The number of imidazole rings is 4. The van der Waals surface area contributed by atoms with Crippen molar-refractivity contribution >= 4 is 23.1 Å². The second kappa shape index (κ2) is 16.3. The monoisotopic (exact) mass is 774 g/mol. The van der Waals surface area contributed by atoms with Crippen molar-refractivity contribution in [3.05, 3.63) is 133 Å². The number of rotatable bonds is 12. The van der Waals surface area contributed by atoms with Gasteiger partial charge in [0.2, 0.25) is 0 Å². The molecule has 15 nitrogen and oxygen atoms in total. The van der Waals surface area contributed by atoms with Crippen molar-refractivity contribution in [2.75, 3.05) is 13.2 Å². The van der Waals surface area contributed by atoms with E-state index in [-0.39, 0.29) is 36.2 Å². The molecule has 290 valence electrons. The number of aliphatic hydroxyl groups is 3. The molecule has 57 heavy (non-hydrogen) atoms. The predicted octanol–water partition coefficient (Wildman–Crippen LogP) is 3.94. The zero-order valence-corrected chi connectivity index (χ0v) is 30.2. The molecule has 0 spiro atoms. The number of aromatic nitrogens is 8. The molecule has 1 atom stereocenters. The molecular weight excluding hydrogens is 739 g/mol. The molecule has 8 aromatic rings. The average Bonchev–Trinajstić information content (AvgIpc) is 4.02. The van der Waals surface area contributed by atoms with Crippen LogP contribution in [0.2, 0.25) is 0 Å². The van der Waals surface area contributed by atoms with E-state index in [1.807, 2.05) is 10.6 Å². The smallest absolute Gasteiger partial charge is 0.267 e. The highest BCUT2D eigenvalue weighted by Crippen LogP contribution is 2.34. The summed E-state index contributed by atoms with van der Waals surface area (Å²) < 4.78 is 33.6. The molecule has 7 N–H and O–H groups in total. The summed E-state index contributed by atoms with van der Waals surface area (Å²) in [6.07, 6.45) is 9.13. The summed E-state index contributed by atoms with van der Waals surface area (Å²) in [4.78, 5) is 40.7. The fourth-order valence-electron chi connectivity index (χ4n) is 6.45. The summed E-state index contributed by atoms with van der Waals surface area (Å²) in [5, 5.41) is 28.4. The Balaban J connectivity index is 0.000000174. The van der Waals surface area contributed by atoms with Gasteiger partial charge < -0.3 is 35.9 Å². The van der Waals surface area contributed by atoms with Crippen molar-refractivity contribution in [1.29, 1.82) is 0 Å². The lowest BCUT2D eigenvalue weighted by atomic mass is 10.1. The Morgan fingerprint density at radius 1 is 0.632 bits per heavy atom. The van der Waals surface area contributed by atoms with Crippen molar-refractivity contribution in [3.63, 3.8) is 0 Å². The Hall–Kier alpha value is -7.08. The summed E-state index contributed by atoms with van der Waals surface area (Å²) in [7, 11) is 0. The predicted molar refractivity (Wildman–Crippen MR) is 205 cm³/mol. The number of primary amides is 2. The van der Waals surface area contributed by atoms with Gasteiger partial charge in [0.05, 0.1) is 67.1 Å².